The van der Waals surface area contributed by atoms with E-state index in [0.717, 1.165) is 47.2 Å². The summed E-state index contributed by atoms with van der Waals surface area (Å²) in [4.78, 5) is 2.16. The molecule has 0 atom stereocenters. The van der Waals surface area contributed by atoms with E-state index in [0.29, 0.717) is 11.7 Å². The summed E-state index contributed by atoms with van der Waals surface area (Å²) < 4.78 is 1.95. The van der Waals surface area contributed by atoms with Crippen LogP contribution in [0.3, 0.4) is 0 Å². The molecule has 0 amide bonds. The fourth-order valence-corrected chi connectivity index (χ4v) is 2.97. The minimum atomic E-state index is 0.627. The van der Waals surface area contributed by atoms with E-state index in [4.69, 9.17) is 23.8 Å². The first-order chi connectivity index (χ1) is 11.9. The van der Waals surface area contributed by atoms with E-state index in [1.54, 1.807) is 0 Å². The number of aryl methyl sites for hydroxylation is 1. The maximum absolute atomic E-state index is 6.26. The molecule has 0 aliphatic rings. The van der Waals surface area contributed by atoms with Gasteiger partial charge in [-0.1, -0.05) is 29.8 Å². The Morgan fingerprint density at radius 3 is 2.68 bits per heavy atom. The van der Waals surface area contributed by atoms with Gasteiger partial charge in [0.25, 0.3) is 0 Å². The monoisotopic (exact) mass is 379 g/mol. The number of halogens is 1. The Labute approximate surface area is 160 Å². The summed E-state index contributed by atoms with van der Waals surface area (Å²) in [7, 11) is 4.13. The van der Waals surface area contributed by atoms with E-state index >= 15 is 0 Å². The highest BCUT2D eigenvalue weighted by Gasteiger charge is 2.13. The second-order valence-corrected chi connectivity index (χ2v) is 7.15. The molecule has 0 bridgehead atoms. The summed E-state index contributed by atoms with van der Waals surface area (Å²) in [5.41, 5.74) is 3.96. The van der Waals surface area contributed by atoms with E-state index in [9.17, 15) is 0 Å². The number of aromatic nitrogens is 2. The van der Waals surface area contributed by atoms with Crippen LogP contribution in [-0.2, 0) is 6.54 Å². The van der Waals surface area contributed by atoms with Crippen LogP contribution in [0, 0.1) is 13.8 Å². The zero-order valence-corrected chi connectivity index (χ0v) is 16.8. The molecule has 0 fully saturated rings. The quantitative estimate of drug-likeness (QED) is 0.570. The van der Waals surface area contributed by atoms with Crippen LogP contribution >= 0.6 is 23.8 Å². The first kappa shape index (κ1) is 19.7. The molecule has 0 saturated heterocycles. The van der Waals surface area contributed by atoms with Gasteiger partial charge in [-0.3, -0.25) is 4.68 Å². The van der Waals surface area contributed by atoms with Crippen LogP contribution in [0.4, 0.5) is 5.69 Å². The molecule has 0 spiro atoms. The van der Waals surface area contributed by atoms with Crippen molar-refractivity contribution >= 4 is 34.6 Å². The fourth-order valence-electron chi connectivity index (χ4n) is 2.57. The van der Waals surface area contributed by atoms with Gasteiger partial charge in [0.1, 0.15) is 0 Å². The molecule has 2 rings (SSSR count). The SMILES string of the molecule is Cc1nn(Cc2ccccc2Cl)c(C)c1NC(=S)NCCCN(C)C. The van der Waals surface area contributed by atoms with Gasteiger partial charge in [0.15, 0.2) is 5.11 Å². The normalized spacial score (nSPS) is 11.0. The average molecular weight is 380 g/mol. The molecule has 136 valence electrons. The van der Waals surface area contributed by atoms with Crippen molar-refractivity contribution in [2.45, 2.75) is 26.8 Å². The maximum Gasteiger partial charge on any atom is 0.170 e. The van der Waals surface area contributed by atoms with Crippen molar-refractivity contribution in [2.24, 2.45) is 0 Å². The average Bonchev–Trinajstić information content (AvgIpc) is 2.81. The highest BCUT2D eigenvalue weighted by molar-refractivity contribution is 7.80. The molecule has 0 unspecified atom stereocenters. The van der Waals surface area contributed by atoms with Gasteiger partial charge < -0.3 is 15.5 Å². The molecule has 7 heteroatoms. The standard InChI is InChI=1S/C18H26ClN5S/c1-13-17(21-18(25)20-10-7-11-23(3)4)14(2)24(22-13)12-15-8-5-6-9-16(15)19/h5-6,8-9H,7,10-12H2,1-4H3,(H2,20,21,25). The smallest absolute Gasteiger partial charge is 0.170 e. The summed E-state index contributed by atoms with van der Waals surface area (Å²) in [6, 6.07) is 7.83. The predicted octanol–water partition coefficient (Wildman–Crippen LogP) is 3.44. The van der Waals surface area contributed by atoms with E-state index in [-0.39, 0.29) is 0 Å². The second-order valence-electron chi connectivity index (χ2n) is 6.33. The number of nitrogens with one attached hydrogen (secondary N) is 2. The lowest BCUT2D eigenvalue weighted by Gasteiger charge is -2.13. The molecule has 0 saturated carbocycles. The van der Waals surface area contributed by atoms with Crippen LogP contribution in [0.15, 0.2) is 24.3 Å². The number of hydrogen-bond donors (Lipinski definition) is 2. The summed E-state index contributed by atoms with van der Waals surface area (Å²) >= 11 is 11.7. The highest BCUT2D eigenvalue weighted by atomic mass is 35.5. The maximum atomic E-state index is 6.26. The minimum Gasteiger partial charge on any atom is -0.362 e. The van der Waals surface area contributed by atoms with Crippen molar-refractivity contribution in [2.75, 3.05) is 32.5 Å². The molecule has 2 aromatic rings. The number of nitrogens with zero attached hydrogens (tertiary/aromatic N) is 3. The van der Waals surface area contributed by atoms with Gasteiger partial charge in [-0.2, -0.15) is 5.10 Å². The van der Waals surface area contributed by atoms with Crippen LogP contribution in [-0.4, -0.2) is 47.0 Å². The van der Waals surface area contributed by atoms with Crippen molar-refractivity contribution in [3.63, 3.8) is 0 Å². The molecule has 0 aliphatic heterocycles. The van der Waals surface area contributed by atoms with Crippen molar-refractivity contribution in [3.05, 3.63) is 46.2 Å². The Bertz CT molecular complexity index is 726. The third-order valence-corrected chi connectivity index (χ3v) is 4.58. The minimum absolute atomic E-state index is 0.627. The topological polar surface area (TPSA) is 45.1 Å². The lowest BCUT2D eigenvalue weighted by Crippen LogP contribution is -2.31. The summed E-state index contributed by atoms with van der Waals surface area (Å²) in [6.07, 6.45) is 1.04. The van der Waals surface area contributed by atoms with Gasteiger partial charge in [0, 0.05) is 11.6 Å². The molecule has 25 heavy (non-hydrogen) atoms. The van der Waals surface area contributed by atoms with Crippen molar-refractivity contribution < 1.29 is 0 Å². The summed E-state index contributed by atoms with van der Waals surface area (Å²) in [6.45, 7) is 6.53. The van der Waals surface area contributed by atoms with Crippen LogP contribution in [0.2, 0.25) is 5.02 Å². The van der Waals surface area contributed by atoms with Crippen molar-refractivity contribution in [1.82, 2.24) is 20.0 Å². The second kappa shape index (κ2) is 9.17. The third-order valence-electron chi connectivity index (χ3n) is 3.97. The van der Waals surface area contributed by atoms with Gasteiger partial charge in [-0.05, 0) is 64.8 Å². The largest absolute Gasteiger partial charge is 0.362 e. The van der Waals surface area contributed by atoms with Crippen molar-refractivity contribution in [3.8, 4) is 0 Å². The number of thiocarbonyl (C=S) groups is 1. The van der Waals surface area contributed by atoms with Crippen molar-refractivity contribution in [1.29, 1.82) is 0 Å². The first-order valence-electron chi connectivity index (χ1n) is 8.35. The lowest BCUT2D eigenvalue weighted by atomic mass is 10.2. The zero-order chi connectivity index (χ0) is 18.4. The number of hydrogen-bond acceptors (Lipinski definition) is 3. The van der Waals surface area contributed by atoms with Gasteiger partial charge in [-0.15, -0.1) is 0 Å². The molecular weight excluding hydrogens is 354 g/mol. The van der Waals surface area contributed by atoms with E-state index < -0.39 is 0 Å². The van der Waals surface area contributed by atoms with E-state index in [1.807, 2.05) is 42.8 Å². The number of benzene rings is 1. The summed E-state index contributed by atoms with van der Waals surface area (Å²) in [5.74, 6) is 0. The fraction of sp³-hybridized carbons (Fsp3) is 0.444. The Hall–Kier alpha value is -1.63. The zero-order valence-electron chi connectivity index (χ0n) is 15.3. The Balaban J connectivity index is 1.99. The van der Waals surface area contributed by atoms with Crippen LogP contribution in [0.5, 0.6) is 0 Å². The first-order valence-corrected chi connectivity index (χ1v) is 9.14. The Morgan fingerprint density at radius 1 is 1.28 bits per heavy atom. The number of rotatable bonds is 7. The molecule has 1 heterocycles. The molecule has 2 N–H and O–H groups in total. The van der Waals surface area contributed by atoms with Crippen LogP contribution < -0.4 is 10.6 Å². The van der Waals surface area contributed by atoms with E-state index in [2.05, 4.69) is 34.7 Å². The third kappa shape index (κ3) is 5.70. The molecule has 5 nitrogen and oxygen atoms in total. The summed E-state index contributed by atoms with van der Waals surface area (Å²) in [5, 5.41) is 12.5. The number of anilines is 1. The van der Waals surface area contributed by atoms with Gasteiger partial charge in [-0.25, -0.2) is 0 Å². The van der Waals surface area contributed by atoms with Gasteiger partial charge >= 0.3 is 0 Å². The predicted molar refractivity (Wildman–Crippen MR) is 110 cm³/mol. The molecular formula is C18H26ClN5S. The van der Waals surface area contributed by atoms with Gasteiger partial charge in [0.2, 0.25) is 0 Å². The molecule has 1 aromatic heterocycles. The lowest BCUT2D eigenvalue weighted by molar-refractivity contribution is 0.400. The van der Waals surface area contributed by atoms with E-state index in [1.165, 1.54) is 0 Å². The Kier molecular flexibility index (Phi) is 7.23. The van der Waals surface area contributed by atoms with Crippen LogP contribution in [0.25, 0.3) is 0 Å². The molecule has 1 aromatic carbocycles. The molecule has 0 aliphatic carbocycles. The molecule has 0 radical (unpaired) electrons. The highest BCUT2D eigenvalue weighted by Crippen LogP contribution is 2.22. The van der Waals surface area contributed by atoms with Crippen LogP contribution in [0.1, 0.15) is 23.4 Å². The Morgan fingerprint density at radius 2 is 2.00 bits per heavy atom. The van der Waals surface area contributed by atoms with Gasteiger partial charge in [0.05, 0.1) is 23.6 Å².